The lowest BCUT2D eigenvalue weighted by Gasteiger charge is -2.27. The third kappa shape index (κ3) is 5.68. The fourth-order valence-electron chi connectivity index (χ4n) is 3.79. The molecule has 7 nitrogen and oxygen atoms in total. The van der Waals surface area contributed by atoms with E-state index in [2.05, 4.69) is 11.9 Å². The zero-order chi connectivity index (χ0) is 23.0. The Kier molecular flexibility index (Phi) is 7.52. The second-order valence-electron chi connectivity index (χ2n) is 8.02. The van der Waals surface area contributed by atoms with Gasteiger partial charge in [-0.05, 0) is 36.8 Å². The van der Waals surface area contributed by atoms with Crippen molar-refractivity contribution < 1.29 is 19.1 Å². The van der Waals surface area contributed by atoms with E-state index in [0.29, 0.717) is 38.5 Å². The standard InChI is InChI=1S/C26H29N3O4/c1-2-3-14-33-26(31)20-8-10-22(11-9-20)27-17-21-18-29(24-7-5-4-6-23(21)24)19-25(30)28-12-15-32-16-13-28/h4-11,17-18H,2-3,12-16,19H2,1H3. The SMILES string of the molecule is CCCCOC(=O)c1ccc(N=Cc2cn(CC(=O)N3CCOCC3)c3ccccc23)cc1. The second kappa shape index (κ2) is 10.9. The number of para-hydroxylation sites is 1. The van der Waals surface area contributed by atoms with Crippen LogP contribution in [0, 0.1) is 0 Å². The molecule has 1 saturated heterocycles. The first kappa shape index (κ1) is 22.7. The summed E-state index contributed by atoms with van der Waals surface area (Å²) in [6.07, 6.45) is 5.61. The van der Waals surface area contributed by atoms with Crippen molar-refractivity contribution in [1.82, 2.24) is 9.47 Å². The zero-order valence-electron chi connectivity index (χ0n) is 18.9. The first-order valence-electron chi connectivity index (χ1n) is 11.4. The number of hydrogen-bond donors (Lipinski definition) is 0. The molecule has 0 bridgehead atoms. The summed E-state index contributed by atoms with van der Waals surface area (Å²) in [5.74, 6) is -0.226. The van der Waals surface area contributed by atoms with E-state index in [1.165, 1.54) is 0 Å². The highest BCUT2D eigenvalue weighted by Gasteiger charge is 2.18. The van der Waals surface area contributed by atoms with Gasteiger partial charge in [-0.3, -0.25) is 9.79 Å². The van der Waals surface area contributed by atoms with Gasteiger partial charge in [0.05, 0.1) is 31.1 Å². The summed E-state index contributed by atoms with van der Waals surface area (Å²) in [7, 11) is 0. The minimum Gasteiger partial charge on any atom is -0.462 e. The fraction of sp³-hybridized carbons (Fsp3) is 0.346. The molecule has 0 N–H and O–H groups in total. The van der Waals surface area contributed by atoms with Crippen LogP contribution in [-0.4, -0.2) is 60.5 Å². The lowest BCUT2D eigenvalue weighted by atomic mass is 10.2. The first-order valence-corrected chi connectivity index (χ1v) is 11.4. The van der Waals surface area contributed by atoms with Gasteiger partial charge in [-0.25, -0.2) is 4.79 Å². The molecule has 0 saturated carbocycles. The number of unbranched alkanes of at least 4 members (excludes halogenated alkanes) is 1. The number of benzene rings is 2. The summed E-state index contributed by atoms with van der Waals surface area (Å²) < 4.78 is 12.6. The van der Waals surface area contributed by atoms with Crippen LogP contribution in [-0.2, 0) is 20.8 Å². The van der Waals surface area contributed by atoms with Crippen molar-refractivity contribution in [3.63, 3.8) is 0 Å². The molecule has 0 unspecified atom stereocenters. The molecule has 2 heterocycles. The second-order valence-corrected chi connectivity index (χ2v) is 8.02. The van der Waals surface area contributed by atoms with Crippen LogP contribution in [0.3, 0.4) is 0 Å². The number of esters is 1. The average molecular weight is 448 g/mol. The quantitative estimate of drug-likeness (QED) is 0.295. The number of carbonyl (C=O) groups excluding carboxylic acids is 2. The van der Waals surface area contributed by atoms with Crippen molar-refractivity contribution in [2.45, 2.75) is 26.3 Å². The minimum absolute atomic E-state index is 0.0870. The largest absolute Gasteiger partial charge is 0.462 e. The normalized spacial score (nSPS) is 14.2. The van der Waals surface area contributed by atoms with Crippen molar-refractivity contribution in [1.29, 1.82) is 0 Å². The van der Waals surface area contributed by atoms with Crippen LogP contribution in [0.15, 0.2) is 59.7 Å². The predicted octanol–water partition coefficient (Wildman–Crippen LogP) is 4.21. The molecule has 1 aromatic heterocycles. The summed E-state index contributed by atoms with van der Waals surface area (Å²) in [5, 5.41) is 1.03. The van der Waals surface area contributed by atoms with Crippen LogP contribution >= 0.6 is 0 Å². The van der Waals surface area contributed by atoms with Gasteiger partial charge in [0.25, 0.3) is 0 Å². The van der Waals surface area contributed by atoms with E-state index in [-0.39, 0.29) is 18.4 Å². The molecule has 4 rings (SSSR count). The number of nitrogens with zero attached hydrogens (tertiary/aromatic N) is 3. The molecule has 0 aliphatic carbocycles. The molecular formula is C26H29N3O4. The number of hydrogen-bond acceptors (Lipinski definition) is 5. The third-order valence-corrected chi connectivity index (χ3v) is 5.68. The Hall–Kier alpha value is -3.45. The molecule has 1 amide bonds. The molecule has 0 atom stereocenters. The van der Waals surface area contributed by atoms with Crippen LogP contribution in [0.25, 0.3) is 10.9 Å². The number of aliphatic imine (C=N–C) groups is 1. The molecule has 0 radical (unpaired) electrons. The van der Waals surface area contributed by atoms with Gasteiger partial charge in [-0.1, -0.05) is 31.5 Å². The Labute approximate surface area is 193 Å². The molecule has 2 aromatic carbocycles. The molecular weight excluding hydrogens is 418 g/mol. The lowest BCUT2D eigenvalue weighted by molar-refractivity contribution is -0.135. The van der Waals surface area contributed by atoms with Crippen molar-refractivity contribution in [2.24, 2.45) is 4.99 Å². The number of fused-ring (bicyclic) bond motifs is 1. The van der Waals surface area contributed by atoms with Gasteiger partial charge in [0.15, 0.2) is 0 Å². The maximum absolute atomic E-state index is 12.7. The van der Waals surface area contributed by atoms with E-state index < -0.39 is 0 Å². The molecule has 0 spiro atoms. The third-order valence-electron chi connectivity index (χ3n) is 5.68. The Balaban J connectivity index is 1.48. The van der Waals surface area contributed by atoms with E-state index in [1.54, 1.807) is 30.5 Å². The Morgan fingerprint density at radius 2 is 1.85 bits per heavy atom. The van der Waals surface area contributed by atoms with Crippen LogP contribution < -0.4 is 0 Å². The number of aromatic nitrogens is 1. The van der Waals surface area contributed by atoms with Gasteiger partial charge in [0.1, 0.15) is 6.54 Å². The highest BCUT2D eigenvalue weighted by molar-refractivity contribution is 6.00. The number of carbonyl (C=O) groups is 2. The smallest absolute Gasteiger partial charge is 0.338 e. The monoisotopic (exact) mass is 447 g/mol. The highest BCUT2D eigenvalue weighted by atomic mass is 16.5. The molecule has 1 aliphatic rings. The Bertz CT molecular complexity index is 1130. The van der Waals surface area contributed by atoms with Gasteiger partial charge in [-0.15, -0.1) is 0 Å². The van der Waals surface area contributed by atoms with E-state index in [1.807, 2.05) is 39.9 Å². The van der Waals surface area contributed by atoms with Gasteiger partial charge < -0.3 is 18.9 Å². The lowest BCUT2D eigenvalue weighted by Crippen LogP contribution is -2.42. The predicted molar refractivity (Wildman–Crippen MR) is 128 cm³/mol. The molecule has 3 aromatic rings. The zero-order valence-corrected chi connectivity index (χ0v) is 18.9. The fourth-order valence-corrected chi connectivity index (χ4v) is 3.79. The number of ether oxygens (including phenoxy) is 2. The molecule has 33 heavy (non-hydrogen) atoms. The van der Waals surface area contributed by atoms with Gasteiger partial charge in [0, 0.05) is 42.0 Å². The van der Waals surface area contributed by atoms with E-state index in [9.17, 15) is 9.59 Å². The van der Waals surface area contributed by atoms with E-state index >= 15 is 0 Å². The van der Waals surface area contributed by atoms with E-state index in [0.717, 1.165) is 35.0 Å². The summed E-state index contributed by atoms with van der Waals surface area (Å²) in [5.41, 5.74) is 3.18. The average Bonchev–Trinajstić information content (AvgIpc) is 3.21. The summed E-state index contributed by atoms with van der Waals surface area (Å²) in [6.45, 7) is 5.22. The first-order chi connectivity index (χ1) is 16.2. The van der Waals surface area contributed by atoms with Crippen molar-refractivity contribution in [2.75, 3.05) is 32.9 Å². The van der Waals surface area contributed by atoms with Crippen LogP contribution in [0.4, 0.5) is 5.69 Å². The summed E-state index contributed by atoms with van der Waals surface area (Å²) >= 11 is 0. The van der Waals surface area contributed by atoms with Crippen LogP contribution in [0.5, 0.6) is 0 Å². The topological polar surface area (TPSA) is 73.1 Å². The maximum atomic E-state index is 12.7. The molecule has 1 aliphatic heterocycles. The van der Waals surface area contributed by atoms with Crippen molar-refractivity contribution >= 4 is 34.7 Å². The number of morpholine rings is 1. The van der Waals surface area contributed by atoms with Gasteiger partial charge in [-0.2, -0.15) is 0 Å². The van der Waals surface area contributed by atoms with Crippen LogP contribution in [0.1, 0.15) is 35.7 Å². The Morgan fingerprint density at radius 3 is 2.61 bits per heavy atom. The molecule has 7 heteroatoms. The van der Waals surface area contributed by atoms with Gasteiger partial charge in [0.2, 0.25) is 5.91 Å². The molecule has 1 fully saturated rings. The maximum Gasteiger partial charge on any atom is 0.338 e. The number of rotatable bonds is 8. The number of amides is 1. The van der Waals surface area contributed by atoms with Crippen LogP contribution in [0.2, 0.25) is 0 Å². The molecule has 172 valence electrons. The Morgan fingerprint density at radius 1 is 1.09 bits per heavy atom. The van der Waals surface area contributed by atoms with E-state index in [4.69, 9.17) is 9.47 Å². The highest BCUT2D eigenvalue weighted by Crippen LogP contribution is 2.22. The summed E-state index contributed by atoms with van der Waals surface area (Å²) in [6, 6.07) is 15.0. The van der Waals surface area contributed by atoms with Crippen molar-refractivity contribution in [3.05, 3.63) is 65.9 Å². The van der Waals surface area contributed by atoms with Crippen molar-refractivity contribution in [3.8, 4) is 0 Å². The summed E-state index contributed by atoms with van der Waals surface area (Å²) in [4.78, 5) is 31.2. The van der Waals surface area contributed by atoms with Gasteiger partial charge >= 0.3 is 5.97 Å². The minimum atomic E-state index is -0.313.